The number of carbonyl (C=O) groups is 1. The van der Waals surface area contributed by atoms with Crippen LogP contribution >= 0.6 is 15.9 Å². The third-order valence-electron chi connectivity index (χ3n) is 12.5. The van der Waals surface area contributed by atoms with Crippen molar-refractivity contribution in [3.63, 3.8) is 0 Å². The first-order valence-electron chi connectivity index (χ1n) is 14.4. The van der Waals surface area contributed by atoms with Gasteiger partial charge in [0, 0.05) is 24.2 Å². The van der Waals surface area contributed by atoms with Crippen molar-refractivity contribution >= 4 is 21.9 Å². The number of alkyl halides is 1. The van der Waals surface area contributed by atoms with Crippen LogP contribution in [0.15, 0.2) is 0 Å². The molecule has 196 valence electrons. The van der Waals surface area contributed by atoms with Crippen LogP contribution in [0.25, 0.3) is 0 Å². The average Bonchev–Trinajstić information content (AvgIpc) is 3.46. The molecule has 7 fully saturated rings. The number of hydrogen-bond acceptors (Lipinski definition) is 5. The van der Waals surface area contributed by atoms with Crippen LogP contribution in [-0.2, 0) is 23.7 Å². The lowest BCUT2D eigenvalue weighted by Gasteiger charge is -2.59. The third kappa shape index (κ3) is 3.06. The summed E-state index contributed by atoms with van der Waals surface area (Å²) in [5.41, 5.74) is 0.478. The van der Waals surface area contributed by atoms with Crippen molar-refractivity contribution in [2.75, 3.05) is 6.61 Å². The van der Waals surface area contributed by atoms with E-state index in [9.17, 15) is 4.79 Å². The normalized spacial score (nSPS) is 62.3. The van der Waals surface area contributed by atoms with Gasteiger partial charge >= 0.3 is 5.97 Å². The van der Waals surface area contributed by atoms with Gasteiger partial charge in [-0.05, 0) is 80.0 Å². The van der Waals surface area contributed by atoms with E-state index in [2.05, 4.69) is 43.6 Å². The molecule has 7 rings (SSSR count). The van der Waals surface area contributed by atoms with Crippen molar-refractivity contribution in [1.29, 1.82) is 0 Å². The summed E-state index contributed by atoms with van der Waals surface area (Å²) >= 11 is 4.00. The van der Waals surface area contributed by atoms with E-state index in [1.165, 1.54) is 12.8 Å². The van der Waals surface area contributed by atoms with Crippen molar-refractivity contribution < 1.29 is 23.7 Å². The summed E-state index contributed by atoms with van der Waals surface area (Å²) in [5.74, 6) is 3.51. The molecule has 5 nitrogen and oxygen atoms in total. The first-order valence-corrected chi connectivity index (χ1v) is 15.3. The molecule has 0 radical (unpaired) electrons. The van der Waals surface area contributed by atoms with Gasteiger partial charge in [0.2, 0.25) is 0 Å². The smallest absolute Gasteiger partial charge is 0.302 e. The van der Waals surface area contributed by atoms with Crippen molar-refractivity contribution in [1.82, 2.24) is 0 Å². The average molecular weight is 552 g/mol. The van der Waals surface area contributed by atoms with Gasteiger partial charge < -0.3 is 18.9 Å². The minimum atomic E-state index is -0.476. The monoisotopic (exact) mass is 550 g/mol. The Morgan fingerprint density at radius 1 is 1.06 bits per heavy atom. The summed E-state index contributed by atoms with van der Waals surface area (Å²) in [5, 5.41) is 0. The Hall–Kier alpha value is -0.170. The summed E-state index contributed by atoms with van der Waals surface area (Å²) in [6.07, 6.45) is 9.19. The van der Waals surface area contributed by atoms with Crippen LogP contribution in [0.2, 0.25) is 0 Å². The highest BCUT2D eigenvalue weighted by molar-refractivity contribution is 9.09. The van der Waals surface area contributed by atoms with Crippen molar-refractivity contribution in [2.45, 2.75) is 115 Å². The number of halogens is 1. The van der Waals surface area contributed by atoms with Crippen molar-refractivity contribution in [2.24, 2.45) is 52.3 Å². The van der Waals surface area contributed by atoms with Crippen LogP contribution in [0.4, 0.5) is 0 Å². The van der Waals surface area contributed by atoms with Crippen LogP contribution in [0, 0.1) is 52.3 Å². The van der Waals surface area contributed by atoms with Crippen LogP contribution in [0.3, 0.4) is 0 Å². The Bertz CT molecular complexity index is 912. The largest absolute Gasteiger partial charge is 0.463 e. The number of ether oxygens (including phenoxy) is 4. The quantitative estimate of drug-likeness (QED) is 0.237. The highest BCUT2D eigenvalue weighted by Gasteiger charge is 2.78. The first-order chi connectivity index (χ1) is 16.6. The van der Waals surface area contributed by atoms with Crippen LogP contribution < -0.4 is 0 Å². The van der Waals surface area contributed by atoms with Gasteiger partial charge in [-0.1, -0.05) is 43.6 Å². The zero-order chi connectivity index (χ0) is 24.5. The molecule has 15 atom stereocenters. The molecular formula is C29H43BrO5. The molecule has 0 aromatic carbocycles. The van der Waals surface area contributed by atoms with Gasteiger partial charge in [0.25, 0.3) is 0 Å². The Kier molecular flexibility index (Phi) is 5.26. The molecule has 0 amide bonds. The fourth-order valence-corrected chi connectivity index (χ4v) is 12.3. The summed E-state index contributed by atoms with van der Waals surface area (Å²) in [6, 6.07) is 0. The molecule has 6 heteroatoms. The SMILES string of the molecule is CC(=O)O[C@H]1CC[C@@]2(C)[C@@H](CC[C@@H]3[C@@H]2[C@@H]2O[C@@H]2[C@]2(C)[C@@H]4[C@@H](C[C@@H]32)O[C@@]2(OC[C@@H](C)C[C@H]2Br)[C@H]4C)C1. The van der Waals surface area contributed by atoms with Crippen molar-refractivity contribution in [3.05, 3.63) is 0 Å². The highest BCUT2D eigenvalue weighted by atomic mass is 79.9. The second-order valence-electron chi connectivity index (χ2n) is 14.0. The van der Waals surface area contributed by atoms with E-state index in [1.54, 1.807) is 6.92 Å². The van der Waals surface area contributed by atoms with E-state index >= 15 is 0 Å². The highest BCUT2D eigenvalue weighted by Crippen LogP contribution is 2.75. The second-order valence-corrected chi connectivity index (χ2v) is 15.1. The third-order valence-corrected chi connectivity index (χ3v) is 13.5. The molecule has 35 heavy (non-hydrogen) atoms. The summed E-state index contributed by atoms with van der Waals surface area (Å²) in [6.45, 7) is 12.1. The number of esters is 1. The molecule has 1 spiro atoms. The van der Waals surface area contributed by atoms with Gasteiger partial charge in [0.05, 0.1) is 29.7 Å². The maximum absolute atomic E-state index is 11.6. The fourth-order valence-electron chi connectivity index (χ4n) is 11.0. The second kappa shape index (κ2) is 7.70. The number of hydrogen-bond donors (Lipinski definition) is 0. The lowest BCUT2D eigenvalue weighted by Crippen LogP contribution is -2.59. The van der Waals surface area contributed by atoms with Gasteiger partial charge in [-0.2, -0.15) is 0 Å². The van der Waals surface area contributed by atoms with Gasteiger partial charge in [-0.25, -0.2) is 0 Å². The zero-order valence-corrected chi connectivity index (χ0v) is 23.6. The Balaban J connectivity index is 1.16. The zero-order valence-electron chi connectivity index (χ0n) is 22.0. The first kappa shape index (κ1) is 23.9. The minimum absolute atomic E-state index is 0.110. The molecule has 0 unspecified atom stereocenters. The summed E-state index contributed by atoms with van der Waals surface area (Å²) in [7, 11) is 0. The molecule has 4 aliphatic carbocycles. The standard InChI is InChI=1S/C29H43BrO5/c1-14-10-22(30)29(32-13-14)15(2)23-21(35-29)12-20-19-7-6-17-11-18(33-16(3)31)8-9-27(17,4)24(19)25-26(34-25)28(20,23)5/h14-15,17-26H,6-13H2,1-5H3/t14-,15-,17-,18-,19-,20-,21+,22+,23-,24+,25-,26-,27-,28-,29-/m0/s1. The summed E-state index contributed by atoms with van der Waals surface area (Å²) in [4.78, 5) is 11.9. The van der Waals surface area contributed by atoms with Crippen molar-refractivity contribution in [3.8, 4) is 0 Å². The van der Waals surface area contributed by atoms with Gasteiger partial charge in [-0.15, -0.1) is 0 Å². The van der Waals surface area contributed by atoms with E-state index < -0.39 is 5.79 Å². The molecule has 0 bridgehead atoms. The molecule has 3 heterocycles. The predicted octanol–water partition coefficient (Wildman–Crippen LogP) is 5.73. The Labute approximate surface area is 218 Å². The van der Waals surface area contributed by atoms with E-state index in [4.69, 9.17) is 18.9 Å². The van der Waals surface area contributed by atoms with Crippen LogP contribution in [-0.4, -0.2) is 47.6 Å². The Morgan fingerprint density at radius 2 is 1.86 bits per heavy atom. The minimum Gasteiger partial charge on any atom is -0.463 e. The van der Waals surface area contributed by atoms with Gasteiger partial charge in [-0.3, -0.25) is 4.79 Å². The van der Waals surface area contributed by atoms with E-state index in [1.807, 2.05) is 0 Å². The van der Waals surface area contributed by atoms with E-state index in [-0.39, 0.29) is 28.4 Å². The molecule has 0 N–H and O–H groups in total. The molecule has 3 aliphatic heterocycles. The number of carbonyl (C=O) groups excluding carboxylic acids is 1. The van der Waals surface area contributed by atoms with Gasteiger partial charge in [0.1, 0.15) is 6.10 Å². The summed E-state index contributed by atoms with van der Waals surface area (Å²) < 4.78 is 26.0. The molecule has 0 aromatic rings. The van der Waals surface area contributed by atoms with E-state index in [0.717, 1.165) is 44.6 Å². The Morgan fingerprint density at radius 3 is 2.60 bits per heavy atom. The predicted molar refractivity (Wildman–Crippen MR) is 135 cm³/mol. The number of epoxide rings is 1. The van der Waals surface area contributed by atoms with E-state index in [0.29, 0.717) is 53.1 Å². The maximum Gasteiger partial charge on any atom is 0.302 e. The topological polar surface area (TPSA) is 57.3 Å². The lowest BCUT2D eigenvalue weighted by atomic mass is 9.44. The van der Waals surface area contributed by atoms with Crippen LogP contribution in [0.5, 0.6) is 0 Å². The number of rotatable bonds is 1. The maximum atomic E-state index is 11.6. The van der Waals surface area contributed by atoms with Gasteiger partial charge in [0.15, 0.2) is 5.79 Å². The molecule has 7 aliphatic rings. The van der Waals surface area contributed by atoms with Crippen LogP contribution in [0.1, 0.15) is 79.6 Å². The number of fused-ring (bicyclic) bond motifs is 10. The molecule has 4 saturated carbocycles. The lowest BCUT2D eigenvalue weighted by molar-refractivity contribution is -0.267. The molecular weight excluding hydrogens is 508 g/mol. The molecule has 0 aromatic heterocycles. The fraction of sp³-hybridized carbons (Fsp3) is 0.966. The molecule has 3 saturated heterocycles.